The van der Waals surface area contributed by atoms with E-state index in [1.807, 2.05) is 30.3 Å². The van der Waals surface area contributed by atoms with E-state index in [2.05, 4.69) is 19.2 Å². The van der Waals surface area contributed by atoms with Crippen molar-refractivity contribution in [1.29, 1.82) is 0 Å². The van der Waals surface area contributed by atoms with E-state index in [4.69, 9.17) is 25.8 Å². The Bertz CT molecular complexity index is 1060. The Morgan fingerprint density at radius 1 is 0.967 bits per heavy atom. The van der Waals surface area contributed by atoms with Crippen LogP contribution in [0.3, 0.4) is 0 Å². The third-order valence-electron chi connectivity index (χ3n) is 5.87. The van der Waals surface area contributed by atoms with E-state index in [0.29, 0.717) is 28.7 Å². The molecule has 2 aromatic rings. The van der Waals surface area contributed by atoms with Crippen LogP contribution in [0.2, 0.25) is 5.02 Å². The van der Waals surface area contributed by atoms with Crippen molar-refractivity contribution < 1.29 is 19.0 Å². The van der Waals surface area contributed by atoms with Crippen LogP contribution in [-0.4, -0.2) is 27.1 Å². The average Bonchev–Trinajstić information content (AvgIpc) is 2.70. The molecule has 0 saturated carbocycles. The summed E-state index contributed by atoms with van der Waals surface area (Å²) in [7, 11) is 4.82. The van der Waals surface area contributed by atoms with Crippen LogP contribution >= 0.6 is 11.6 Å². The van der Waals surface area contributed by atoms with E-state index in [1.165, 1.54) is 0 Å². The number of fused-ring (bicyclic) bond motifs is 1. The molecule has 0 fully saturated rings. The fourth-order valence-corrected chi connectivity index (χ4v) is 4.82. The van der Waals surface area contributed by atoms with Crippen LogP contribution in [0.15, 0.2) is 41.6 Å². The molecule has 0 aromatic heterocycles. The van der Waals surface area contributed by atoms with Gasteiger partial charge in [0, 0.05) is 35.4 Å². The first-order valence-electron chi connectivity index (χ1n) is 9.90. The van der Waals surface area contributed by atoms with Crippen molar-refractivity contribution in [2.45, 2.75) is 32.6 Å². The van der Waals surface area contributed by atoms with Crippen molar-refractivity contribution in [1.82, 2.24) is 0 Å². The van der Waals surface area contributed by atoms with Gasteiger partial charge < -0.3 is 19.5 Å². The van der Waals surface area contributed by atoms with E-state index in [0.717, 1.165) is 34.5 Å². The highest BCUT2D eigenvalue weighted by Crippen LogP contribution is 2.51. The summed E-state index contributed by atoms with van der Waals surface area (Å²) in [6.45, 7) is 4.25. The molecule has 5 nitrogen and oxygen atoms in total. The number of ether oxygens (including phenoxy) is 3. The van der Waals surface area contributed by atoms with Gasteiger partial charge in [-0.15, -0.1) is 0 Å². The minimum absolute atomic E-state index is 0.0981. The zero-order valence-electron chi connectivity index (χ0n) is 17.9. The van der Waals surface area contributed by atoms with Gasteiger partial charge in [0.15, 0.2) is 17.3 Å². The van der Waals surface area contributed by atoms with Crippen LogP contribution in [0.25, 0.3) is 0 Å². The third-order valence-corrected chi connectivity index (χ3v) is 6.17. The van der Waals surface area contributed by atoms with Gasteiger partial charge in [-0.3, -0.25) is 4.79 Å². The van der Waals surface area contributed by atoms with Gasteiger partial charge in [0.2, 0.25) is 0 Å². The molecule has 2 aromatic carbocycles. The lowest BCUT2D eigenvalue weighted by atomic mass is 9.68. The predicted octanol–water partition coefficient (Wildman–Crippen LogP) is 5.57. The van der Waals surface area contributed by atoms with Gasteiger partial charge in [0.25, 0.3) is 0 Å². The number of Topliss-reactive ketones (excluding diaryl/α,β-unsaturated/α-hetero) is 1. The van der Waals surface area contributed by atoms with Gasteiger partial charge in [0.05, 0.1) is 26.4 Å². The number of hydrogen-bond donors (Lipinski definition) is 1. The van der Waals surface area contributed by atoms with Crippen LogP contribution in [0.4, 0.5) is 5.69 Å². The number of nitrogens with one attached hydrogen (secondary N) is 1. The number of anilines is 1. The molecule has 1 aliphatic heterocycles. The normalized spacial score (nSPS) is 19.5. The number of ketones is 1. The van der Waals surface area contributed by atoms with Gasteiger partial charge in [-0.25, -0.2) is 0 Å². The van der Waals surface area contributed by atoms with Crippen molar-refractivity contribution >= 4 is 23.1 Å². The summed E-state index contributed by atoms with van der Waals surface area (Å²) in [5.74, 6) is 1.78. The molecule has 0 bridgehead atoms. The standard InChI is InChI=1S/C24H26ClNO4/c1-24(2)11-17-23(18(27)12-24)22(13-6-7-19(28-3)15(25)8-13)14-9-20(29-4)21(30-5)10-16(14)26-17/h6-10,22,26H,11-12H2,1-5H3. The fraction of sp³-hybridized carbons (Fsp3) is 0.375. The second-order valence-corrected chi connectivity index (χ2v) is 8.99. The maximum absolute atomic E-state index is 13.3. The number of methoxy groups -OCH3 is 3. The number of rotatable bonds is 4. The van der Waals surface area contributed by atoms with Gasteiger partial charge in [0.1, 0.15) is 5.75 Å². The summed E-state index contributed by atoms with van der Waals surface area (Å²) < 4.78 is 16.4. The zero-order valence-corrected chi connectivity index (χ0v) is 18.6. The predicted molar refractivity (Wildman–Crippen MR) is 118 cm³/mol. The van der Waals surface area contributed by atoms with Crippen LogP contribution < -0.4 is 19.5 Å². The molecule has 0 amide bonds. The third kappa shape index (κ3) is 3.41. The van der Waals surface area contributed by atoms with E-state index in [-0.39, 0.29) is 17.1 Å². The molecule has 0 spiro atoms. The first kappa shape index (κ1) is 20.6. The highest BCUT2D eigenvalue weighted by molar-refractivity contribution is 6.32. The maximum atomic E-state index is 13.3. The van der Waals surface area contributed by atoms with Crippen molar-refractivity contribution in [2.75, 3.05) is 26.6 Å². The lowest BCUT2D eigenvalue weighted by Gasteiger charge is -2.39. The molecule has 1 aliphatic carbocycles. The summed E-state index contributed by atoms with van der Waals surface area (Å²) in [5, 5.41) is 4.03. The lowest BCUT2D eigenvalue weighted by molar-refractivity contribution is -0.118. The summed E-state index contributed by atoms with van der Waals surface area (Å²) in [6, 6.07) is 9.58. The van der Waals surface area contributed by atoms with Gasteiger partial charge in [-0.2, -0.15) is 0 Å². The summed E-state index contributed by atoms with van der Waals surface area (Å²) in [4.78, 5) is 13.3. The summed E-state index contributed by atoms with van der Waals surface area (Å²) in [5.41, 5.74) is 4.48. The maximum Gasteiger partial charge on any atom is 0.162 e. The number of carbonyl (C=O) groups is 1. The van der Waals surface area contributed by atoms with Crippen LogP contribution in [0.1, 0.15) is 43.7 Å². The highest BCUT2D eigenvalue weighted by Gasteiger charge is 2.41. The highest BCUT2D eigenvalue weighted by atomic mass is 35.5. The number of hydrogen-bond acceptors (Lipinski definition) is 5. The van der Waals surface area contributed by atoms with Crippen LogP contribution in [-0.2, 0) is 4.79 Å². The number of allylic oxidation sites excluding steroid dienone is 2. The first-order chi connectivity index (χ1) is 14.3. The largest absolute Gasteiger partial charge is 0.495 e. The monoisotopic (exact) mass is 427 g/mol. The molecule has 158 valence electrons. The average molecular weight is 428 g/mol. The molecule has 4 rings (SSSR count). The summed E-state index contributed by atoms with van der Waals surface area (Å²) in [6.07, 6.45) is 1.30. The molecular formula is C24H26ClNO4. The molecule has 0 radical (unpaired) electrons. The molecule has 1 atom stereocenters. The van der Waals surface area contributed by atoms with Crippen LogP contribution in [0, 0.1) is 5.41 Å². The Labute approximate surface area is 182 Å². The van der Waals surface area contributed by atoms with Gasteiger partial charge in [-0.05, 0) is 41.2 Å². The number of halogens is 1. The molecule has 0 saturated heterocycles. The van der Waals surface area contributed by atoms with E-state index >= 15 is 0 Å². The smallest absolute Gasteiger partial charge is 0.162 e. The molecule has 30 heavy (non-hydrogen) atoms. The Morgan fingerprint density at radius 2 is 1.63 bits per heavy atom. The first-order valence-corrected chi connectivity index (χ1v) is 10.3. The quantitative estimate of drug-likeness (QED) is 0.691. The minimum Gasteiger partial charge on any atom is -0.495 e. The lowest BCUT2D eigenvalue weighted by Crippen LogP contribution is -2.33. The summed E-state index contributed by atoms with van der Waals surface area (Å²) >= 11 is 6.45. The topological polar surface area (TPSA) is 56.8 Å². The van der Waals surface area contributed by atoms with Crippen molar-refractivity contribution in [2.24, 2.45) is 5.41 Å². The van der Waals surface area contributed by atoms with E-state index in [1.54, 1.807) is 21.3 Å². The Hall–Kier alpha value is -2.66. The molecule has 2 aliphatic rings. The second-order valence-electron chi connectivity index (χ2n) is 8.58. The molecule has 1 N–H and O–H groups in total. The van der Waals surface area contributed by atoms with E-state index in [9.17, 15) is 4.79 Å². The SMILES string of the molecule is COc1ccc(C2C3=C(CC(C)(C)CC3=O)Nc3cc(OC)c(OC)cc32)cc1Cl. The van der Waals surface area contributed by atoms with Crippen molar-refractivity contribution in [3.63, 3.8) is 0 Å². The van der Waals surface area contributed by atoms with Gasteiger partial charge >= 0.3 is 0 Å². The molecular weight excluding hydrogens is 402 g/mol. The van der Waals surface area contributed by atoms with E-state index < -0.39 is 0 Å². The van der Waals surface area contributed by atoms with Crippen LogP contribution in [0.5, 0.6) is 17.2 Å². The Balaban J connectivity index is 1.95. The van der Waals surface area contributed by atoms with Crippen molar-refractivity contribution in [3.8, 4) is 17.2 Å². The number of carbonyl (C=O) groups excluding carboxylic acids is 1. The minimum atomic E-state index is -0.247. The molecule has 1 unspecified atom stereocenters. The molecule has 6 heteroatoms. The van der Waals surface area contributed by atoms with Crippen molar-refractivity contribution in [3.05, 3.63) is 57.8 Å². The molecule has 1 heterocycles. The number of benzene rings is 2. The Morgan fingerprint density at radius 3 is 2.27 bits per heavy atom. The second kappa shape index (κ2) is 7.55. The van der Waals surface area contributed by atoms with Gasteiger partial charge in [-0.1, -0.05) is 31.5 Å². The Kier molecular flexibility index (Phi) is 5.18. The zero-order chi connectivity index (χ0) is 21.6. The fourth-order valence-electron chi connectivity index (χ4n) is 4.55.